The van der Waals surface area contributed by atoms with Crippen molar-refractivity contribution in [3.8, 4) is 6.07 Å². The smallest absolute Gasteiger partial charge is 0.170 e. The van der Waals surface area contributed by atoms with E-state index >= 15 is 0 Å². The van der Waals surface area contributed by atoms with Crippen molar-refractivity contribution in [3.05, 3.63) is 29.3 Å². The molecule has 0 aliphatic carbocycles. The molecule has 0 aliphatic rings. The van der Waals surface area contributed by atoms with Crippen molar-refractivity contribution >= 4 is 5.69 Å². The third-order valence-electron chi connectivity index (χ3n) is 2.11. The van der Waals surface area contributed by atoms with E-state index in [1.807, 2.05) is 0 Å². The lowest BCUT2D eigenvalue weighted by atomic mass is 10.0. The Morgan fingerprint density at radius 3 is 2.60 bits per heavy atom. The summed E-state index contributed by atoms with van der Waals surface area (Å²) in [5.74, 6) is 0. The Bertz CT molecular complexity index is 387. The Morgan fingerprint density at radius 2 is 2.07 bits per heavy atom. The van der Waals surface area contributed by atoms with Crippen LogP contribution in [0.15, 0.2) is 18.2 Å². The number of hydrogen-bond donors (Lipinski definition) is 4. The highest BCUT2D eigenvalue weighted by Gasteiger charge is 2.18. The zero-order valence-electron chi connectivity index (χ0n) is 7.96. The van der Waals surface area contributed by atoms with E-state index in [2.05, 4.69) is 0 Å². The molecule has 0 aliphatic heterocycles. The highest BCUT2D eigenvalue weighted by atomic mass is 16.3. The summed E-state index contributed by atoms with van der Waals surface area (Å²) < 4.78 is 0. The molecule has 2 unspecified atom stereocenters. The fourth-order valence-corrected chi connectivity index (χ4v) is 1.20. The van der Waals surface area contributed by atoms with Crippen molar-refractivity contribution in [2.75, 3.05) is 5.73 Å². The summed E-state index contributed by atoms with van der Waals surface area (Å²) in [5.41, 5.74) is 6.75. The van der Waals surface area contributed by atoms with E-state index in [1.54, 1.807) is 0 Å². The van der Waals surface area contributed by atoms with Crippen LogP contribution in [-0.4, -0.2) is 21.4 Å². The monoisotopic (exact) mass is 208 g/mol. The van der Waals surface area contributed by atoms with Crippen molar-refractivity contribution in [3.63, 3.8) is 0 Å². The minimum atomic E-state index is -1.49. The molecule has 80 valence electrons. The van der Waals surface area contributed by atoms with Crippen LogP contribution in [0.1, 0.15) is 17.2 Å². The molecule has 1 aromatic rings. The molecule has 0 bridgehead atoms. The van der Waals surface area contributed by atoms with Crippen molar-refractivity contribution < 1.29 is 15.3 Å². The van der Waals surface area contributed by atoms with Gasteiger partial charge in [0.15, 0.2) is 6.10 Å². The second-order valence-corrected chi connectivity index (χ2v) is 3.14. The second kappa shape index (κ2) is 4.75. The van der Waals surface area contributed by atoms with Gasteiger partial charge in [0, 0.05) is 11.3 Å². The lowest BCUT2D eigenvalue weighted by Gasteiger charge is -2.13. The zero-order chi connectivity index (χ0) is 11.4. The number of nitrogen functional groups attached to an aromatic ring is 1. The van der Waals surface area contributed by atoms with E-state index in [-0.39, 0.29) is 6.61 Å². The Kier molecular flexibility index (Phi) is 3.63. The molecule has 0 saturated heterocycles. The van der Waals surface area contributed by atoms with Gasteiger partial charge in [-0.05, 0) is 17.7 Å². The maximum absolute atomic E-state index is 9.50. The normalized spacial score (nSPS) is 14.3. The van der Waals surface area contributed by atoms with Crippen LogP contribution in [0.2, 0.25) is 0 Å². The average Bonchev–Trinajstić information content (AvgIpc) is 2.27. The maximum Gasteiger partial charge on any atom is 0.170 e. The van der Waals surface area contributed by atoms with Crippen LogP contribution in [-0.2, 0) is 6.61 Å². The number of rotatable bonds is 3. The van der Waals surface area contributed by atoms with Gasteiger partial charge in [-0.25, -0.2) is 0 Å². The van der Waals surface area contributed by atoms with Gasteiger partial charge >= 0.3 is 0 Å². The van der Waals surface area contributed by atoms with Gasteiger partial charge in [-0.1, -0.05) is 6.07 Å². The van der Waals surface area contributed by atoms with E-state index < -0.39 is 12.2 Å². The molecule has 5 nitrogen and oxygen atoms in total. The molecule has 1 aromatic carbocycles. The van der Waals surface area contributed by atoms with Gasteiger partial charge in [0.25, 0.3) is 0 Å². The fraction of sp³-hybridized carbons (Fsp3) is 0.300. The quantitative estimate of drug-likeness (QED) is 0.402. The SMILES string of the molecule is N#CC(O)C(O)c1ccc(N)c(CO)c1. The Hall–Kier alpha value is -1.61. The molecule has 0 aromatic heterocycles. The topological polar surface area (TPSA) is 110 Å². The number of aliphatic hydroxyl groups is 3. The minimum absolute atomic E-state index is 0.255. The van der Waals surface area contributed by atoms with Crippen LogP contribution < -0.4 is 5.73 Å². The van der Waals surface area contributed by atoms with Gasteiger partial charge in [0.05, 0.1) is 12.7 Å². The summed E-state index contributed by atoms with van der Waals surface area (Å²) in [6.45, 7) is -0.255. The van der Waals surface area contributed by atoms with Crippen LogP contribution >= 0.6 is 0 Å². The maximum atomic E-state index is 9.50. The van der Waals surface area contributed by atoms with E-state index in [9.17, 15) is 5.11 Å². The molecule has 0 fully saturated rings. The molecule has 0 radical (unpaired) electrons. The minimum Gasteiger partial charge on any atom is -0.398 e. The van der Waals surface area contributed by atoms with E-state index in [4.69, 9.17) is 21.2 Å². The molecule has 0 amide bonds. The van der Waals surface area contributed by atoms with E-state index in [0.29, 0.717) is 16.8 Å². The number of nitriles is 1. The lowest BCUT2D eigenvalue weighted by Crippen LogP contribution is -2.16. The highest BCUT2D eigenvalue weighted by molar-refractivity contribution is 5.48. The molecule has 15 heavy (non-hydrogen) atoms. The summed E-state index contributed by atoms with van der Waals surface area (Å²) >= 11 is 0. The molecule has 1 rings (SSSR count). The van der Waals surface area contributed by atoms with Gasteiger partial charge in [-0.2, -0.15) is 5.26 Å². The van der Waals surface area contributed by atoms with Crippen molar-refractivity contribution in [2.24, 2.45) is 0 Å². The van der Waals surface area contributed by atoms with Gasteiger partial charge in [0.1, 0.15) is 6.10 Å². The number of benzene rings is 1. The second-order valence-electron chi connectivity index (χ2n) is 3.14. The van der Waals surface area contributed by atoms with Crippen molar-refractivity contribution in [1.29, 1.82) is 5.26 Å². The third-order valence-corrected chi connectivity index (χ3v) is 2.11. The van der Waals surface area contributed by atoms with Crippen LogP contribution in [0.25, 0.3) is 0 Å². The molecule has 5 heteroatoms. The number of hydrogen-bond acceptors (Lipinski definition) is 5. The predicted octanol–water partition coefficient (Wildman–Crippen LogP) is -0.321. The molecule has 0 saturated carbocycles. The van der Waals surface area contributed by atoms with Crippen molar-refractivity contribution in [1.82, 2.24) is 0 Å². The lowest BCUT2D eigenvalue weighted by molar-refractivity contribution is 0.0527. The third kappa shape index (κ3) is 2.44. The Labute approximate surface area is 87.0 Å². The Morgan fingerprint density at radius 1 is 1.40 bits per heavy atom. The summed E-state index contributed by atoms with van der Waals surface area (Å²) in [4.78, 5) is 0. The van der Waals surface area contributed by atoms with E-state index in [1.165, 1.54) is 24.3 Å². The largest absolute Gasteiger partial charge is 0.398 e. The summed E-state index contributed by atoms with van der Waals surface area (Å²) in [7, 11) is 0. The molecule has 2 atom stereocenters. The molecular formula is C10H12N2O3. The zero-order valence-corrected chi connectivity index (χ0v) is 7.96. The first-order chi connectivity index (χ1) is 7.10. The number of nitrogens with two attached hydrogens (primary N) is 1. The molecule has 0 spiro atoms. The standard InChI is InChI=1S/C10H12N2O3/c11-4-9(14)10(15)6-1-2-8(12)7(3-6)5-13/h1-3,9-10,13-15H,5,12H2. The Balaban J connectivity index is 3.01. The van der Waals surface area contributed by atoms with Crippen LogP contribution in [0, 0.1) is 11.3 Å². The number of aliphatic hydroxyl groups excluding tert-OH is 3. The average molecular weight is 208 g/mol. The molecular weight excluding hydrogens is 196 g/mol. The summed E-state index contributed by atoms with van der Waals surface area (Å²) in [6.07, 6.45) is -2.78. The summed E-state index contributed by atoms with van der Waals surface area (Å²) in [5, 5.41) is 36.0. The van der Waals surface area contributed by atoms with E-state index in [0.717, 1.165) is 0 Å². The van der Waals surface area contributed by atoms with Crippen LogP contribution in [0.4, 0.5) is 5.69 Å². The van der Waals surface area contributed by atoms with Gasteiger partial charge < -0.3 is 21.1 Å². The van der Waals surface area contributed by atoms with Gasteiger partial charge in [0.2, 0.25) is 0 Å². The first kappa shape index (κ1) is 11.5. The number of anilines is 1. The summed E-state index contributed by atoms with van der Waals surface area (Å²) in [6, 6.07) is 5.99. The first-order valence-corrected chi connectivity index (χ1v) is 4.35. The van der Waals surface area contributed by atoms with Crippen molar-refractivity contribution in [2.45, 2.75) is 18.8 Å². The highest BCUT2D eigenvalue weighted by Crippen LogP contribution is 2.21. The van der Waals surface area contributed by atoms with Crippen LogP contribution in [0.5, 0.6) is 0 Å². The first-order valence-electron chi connectivity index (χ1n) is 4.35. The molecule has 0 heterocycles. The van der Waals surface area contributed by atoms with Gasteiger partial charge in [-0.3, -0.25) is 0 Å². The predicted molar refractivity (Wildman–Crippen MR) is 53.4 cm³/mol. The number of nitrogens with zero attached hydrogens (tertiary/aromatic N) is 1. The van der Waals surface area contributed by atoms with Crippen LogP contribution in [0.3, 0.4) is 0 Å². The van der Waals surface area contributed by atoms with Gasteiger partial charge in [-0.15, -0.1) is 0 Å². The molecule has 5 N–H and O–H groups in total. The fourth-order valence-electron chi connectivity index (χ4n) is 1.20.